The first-order valence-electron chi connectivity index (χ1n) is 8.84. The first-order valence-corrected chi connectivity index (χ1v) is 8.84. The number of Topliss-reactive ketones (excluding diaryl/α,β-unsaturated/α-hetero) is 2. The van der Waals surface area contributed by atoms with Crippen molar-refractivity contribution in [3.05, 3.63) is 59.7 Å². The largest absolute Gasteiger partial charge is 0.451 e. The van der Waals surface area contributed by atoms with Gasteiger partial charge in [-0.2, -0.15) is 0 Å². The van der Waals surface area contributed by atoms with Crippen molar-refractivity contribution in [3.8, 4) is 0 Å². The SMILES string of the molecule is CC(=O)c1cccc(NC(=O)[C@@H](C)OC(=O)CN2C(=O)C(=O)c3ccccc32)c1. The van der Waals surface area contributed by atoms with Gasteiger partial charge in [-0.05, 0) is 38.1 Å². The van der Waals surface area contributed by atoms with Gasteiger partial charge in [0.2, 0.25) is 0 Å². The third-order valence-corrected chi connectivity index (χ3v) is 4.38. The lowest BCUT2D eigenvalue weighted by Crippen LogP contribution is -2.38. The topological polar surface area (TPSA) is 110 Å². The van der Waals surface area contributed by atoms with Gasteiger partial charge in [0, 0.05) is 11.3 Å². The first-order chi connectivity index (χ1) is 13.8. The number of hydrogen-bond donors (Lipinski definition) is 1. The normalized spacial score (nSPS) is 13.7. The van der Waals surface area contributed by atoms with Crippen LogP contribution in [0.5, 0.6) is 0 Å². The lowest BCUT2D eigenvalue weighted by atomic mass is 10.1. The van der Waals surface area contributed by atoms with E-state index in [0.29, 0.717) is 16.9 Å². The number of carbonyl (C=O) groups excluding carboxylic acids is 5. The molecule has 1 aliphatic rings. The summed E-state index contributed by atoms with van der Waals surface area (Å²) in [6.07, 6.45) is -1.15. The molecule has 1 atom stereocenters. The van der Waals surface area contributed by atoms with Gasteiger partial charge in [0.1, 0.15) is 6.54 Å². The van der Waals surface area contributed by atoms with Crippen LogP contribution in [-0.4, -0.2) is 42.0 Å². The van der Waals surface area contributed by atoms with E-state index in [4.69, 9.17) is 4.74 Å². The highest BCUT2D eigenvalue weighted by atomic mass is 16.5. The fraction of sp³-hybridized carbons (Fsp3) is 0.190. The van der Waals surface area contributed by atoms with Crippen molar-refractivity contribution < 1.29 is 28.7 Å². The van der Waals surface area contributed by atoms with Crippen LogP contribution in [-0.2, 0) is 19.1 Å². The predicted octanol–water partition coefficient (Wildman–Crippen LogP) is 1.99. The van der Waals surface area contributed by atoms with E-state index in [2.05, 4.69) is 5.32 Å². The number of fused-ring (bicyclic) bond motifs is 1. The van der Waals surface area contributed by atoms with E-state index in [9.17, 15) is 24.0 Å². The molecule has 0 saturated carbocycles. The zero-order chi connectivity index (χ0) is 21.1. The Labute approximate surface area is 166 Å². The van der Waals surface area contributed by atoms with Gasteiger partial charge >= 0.3 is 5.97 Å². The lowest BCUT2D eigenvalue weighted by Gasteiger charge is -2.18. The quantitative estimate of drug-likeness (QED) is 0.456. The highest BCUT2D eigenvalue weighted by Gasteiger charge is 2.37. The molecule has 2 aromatic carbocycles. The van der Waals surface area contributed by atoms with Crippen LogP contribution in [0.25, 0.3) is 0 Å². The van der Waals surface area contributed by atoms with Crippen LogP contribution in [0.4, 0.5) is 11.4 Å². The molecule has 0 fully saturated rings. The van der Waals surface area contributed by atoms with Crippen molar-refractivity contribution in [1.82, 2.24) is 0 Å². The molecule has 3 rings (SSSR count). The molecule has 8 heteroatoms. The Morgan fingerprint density at radius 3 is 2.52 bits per heavy atom. The van der Waals surface area contributed by atoms with Crippen LogP contribution in [0.2, 0.25) is 0 Å². The molecular weight excluding hydrogens is 376 g/mol. The molecule has 0 spiro atoms. The molecule has 0 aromatic heterocycles. The van der Waals surface area contributed by atoms with Crippen molar-refractivity contribution >= 4 is 40.7 Å². The summed E-state index contributed by atoms with van der Waals surface area (Å²) in [4.78, 5) is 61.0. The van der Waals surface area contributed by atoms with Gasteiger partial charge in [0.15, 0.2) is 11.9 Å². The number of para-hydroxylation sites is 1. The van der Waals surface area contributed by atoms with E-state index in [1.807, 2.05) is 0 Å². The Kier molecular flexibility index (Phi) is 5.54. The third kappa shape index (κ3) is 4.21. The lowest BCUT2D eigenvalue weighted by molar-refractivity contribution is -0.152. The van der Waals surface area contributed by atoms with Crippen LogP contribution in [0.1, 0.15) is 34.6 Å². The molecule has 1 aliphatic heterocycles. The summed E-state index contributed by atoms with van der Waals surface area (Å²) in [6.45, 7) is 2.31. The standard InChI is InChI=1S/C21H18N2O6/c1-12(24)14-6-5-7-15(10-14)22-20(27)13(2)29-18(25)11-23-17-9-4-3-8-16(17)19(26)21(23)28/h3-10,13H,11H2,1-2H3,(H,22,27)/t13-/m1/s1. The second kappa shape index (κ2) is 8.05. The van der Waals surface area contributed by atoms with E-state index >= 15 is 0 Å². The molecule has 8 nitrogen and oxygen atoms in total. The number of ether oxygens (including phenoxy) is 1. The second-order valence-corrected chi connectivity index (χ2v) is 6.50. The van der Waals surface area contributed by atoms with Crippen molar-refractivity contribution in [2.45, 2.75) is 20.0 Å². The van der Waals surface area contributed by atoms with Crippen LogP contribution in [0.3, 0.4) is 0 Å². The van der Waals surface area contributed by atoms with Gasteiger partial charge in [-0.1, -0.05) is 24.3 Å². The second-order valence-electron chi connectivity index (χ2n) is 6.50. The number of nitrogens with zero attached hydrogens (tertiary/aromatic N) is 1. The highest BCUT2D eigenvalue weighted by Crippen LogP contribution is 2.28. The van der Waals surface area contributed by atoms with Gasteiger partial charge in [-0.25, -0.2) is 0 Å². The number of anilines is 2. The summed E-state index contributed by atoms with van der Waals surface area (Å²) in [5, 5.41) is 2.56. The number of rotatable bonds is 6. The molecule has 1 N–H and O–H groups in total. The molecule has 148 valence electrons. The van der Waals surface area contributed by atoms with Crippen molar-refractivity contribution in [2.75, 3.05) is 16.8 Å². The van der Waals surface area contributed by atoms with Gasteiger partial charge in [-0.3, -0.25) is 28.9 Å². The van der Waals surface area contributed by atoms with Gasteiger partial charge in [0.25, 0.3) is 17.6 Å². The molecule has 0 saturated heterocycles. The number of nitrogens with one attached hydrogen (secondary N) is 1. The summed E-state index contributed by atoms with van der Waals surface area (Å²) in [5.74, 6) is -3.08. The van der Waals surface area contributed by atoms with Crippen LogP contribution in [0.15, 0.2) is 48.5 Å². The number of hydrogen-bond acceptors (Lipinski definition) is 6. The predicted molar refractivity (Wildman–Crippen MR) is 104 cm³/mol. The molecule has 2 aromatic rings. The summed E-state index contributed by atoms with van der Waals surface area (Å²) >= 11 is 0. The van der Waals surface area contributed by atoms with E-state index < -0.39 is 36.2 Å². The smallest absolute Gasteiger partial charge is 0.326 e. The Morgan fingerprint density at radius 1 is 1.07 bits per heavy atom. The monoisotopic (exact) mass is 394 g/mol. The molecular formula is C21H18N2O6. The summed E-state index contributed by atoms with van der Waals surface area (Å²) < 4.78 is 5.10. The zero-order valence-electron chi connectivity index (χ0n) is 15.8. The summed E-state index contributed by atoms with van der Waals surface area (Å²) in [5.41, 5.74) is 1.38. The average molecular weight is 394 g/mol. The van der Waals surface area contributed by atoms with E-state index in [0.717, 1.165) is 4.90 Å². The molecule has 0 bridgehead atoms. The molecule has 0 radical (unpaired) electrons. The Bertz CT molecular complexity index is 1030. The maximum atomic E-state index is 12.3. The Morgan fingerprint density at radius 2 is 1.79 bits per heavy atom. The first kappa shape index (κ1) is 19.9. The maximum absolute atomic E-state index is 12.3. The fourth-order valence-corrected chi connectivity index (χ4v) is 2.88. The summed E-state index contributed by atoms with van der Waals surface area (Å²) in [6, 6.07) is 12.7. The molecule has 0 unspecified atom stereocenters. The molecule has 2 amide bonds. The minimum absolute atomic E-state index is 0.148. The number of amides is 2. The number of benzene rings is 2. The Hall–Kier alpha value is -3.81. The van der Waals surface area contributed by atoms with Gasteiger partial charge in [-0.15, -0.1) is 0 Å². The van der Waals surface area contributed by atoms with E-state index in [-0.39, 0.29) is 11.3 Å². The Balaban J connectivity index is 1.61. The molecule has 29 heavy (non-hydrogen) atoms. The summed E-state index contributed by atoms with van der Waals surface area (Å²) in [7, 11) is 0. The van der Waals surface area contributed by atoms with Gasteiger partial charge < -0.3 is 10.1 Å². The maximum Gasteiger partial charge on any atom is 0.326 e. The van der Waals surface area contributed by atoms with Crippen LogP contribution >= 0.6 is 0 Å². The minimum Gasteiger partial charge on any atom is -0.451 e. The number of carbonyl (C=O) groups is 5. The van der Waals surface area contributed by atoms with Crippen molar-refractivity contribution in [2.24, 2.45) is 0 Å². The third-order valence-electron chi connectivity index (χ3n) is 4.38. The van der Waals surface area contributed by atoms with Crippen LogP contribution < -0.4 is 10.2 Å². The fourth-order valence-electron chi connectivity index (χ4n) is 2.88. The van der Waals surface area contributed by atoms with Crippen molar-refractivity contribution in [1.29, 1.82) is 0 Å². The zero-order valence-corrected chi connectivity index (χ0v) is 15.8. The van der Waals surface area contributed by atoms with Gasteiger partial charge in [0.05, 0.1) is 11.3 Å². The average Bonchev–Trinajstić information content (AvgIpc) is 2.93. The van der Waals surface area contributed by atoms with E-state index in [1.54, 1.807) is 36.4 Å². The van der Waals surface area contributed by atoms with Crippen LogP contribution in [0, 0.1) is 0 Å². The molecule has 0 aliphatic carbocycles. The minimum atomic E-state index is -1.15. The molecule has 1 heterocycles. The highest BCUT2D eigenvalue weighted by molar-refractivity contribution is 6.52. The number of ketones is 2. The van der Waals surface area contributed by atoms with E-state index in [1.165, 1.54) is 26.0 Å². The van der Waals surface area contributed by atoms with Crippen molar-refractivity contribution in [3.63, 3.8) is 0 Å². The number of esters is 1.